The highest BCUT2D eigenvalue weighted by Crippen LogP contribution is 2.05. The number of rotatable bonds is 3. The summed E-state index contributed by atoms with van der Waals surface area (Å²) in [6.45, 7) is 4.56. The van der Waals surface area contributed by atoms with Gasteiger partial charge in [0.1, 0.15) is 0 Å². The first-order valence-electron chi connectivity index (χ1n) is 5.00. The standard InChI is InChI=1S/C10H16N2O3/c1-7(2)8(13)6-12-5-4-11(3)9(14)10(12)15/h7H,4-6H2,1-3H3. The Bertz CT molecular complexity index is 299. The number of carbonyl (C=O) groups is 3. The fourth-order valence-electron chi connectivity index (χ4n) is 1.29. The van der Waals surface area contributed by atoms with Crippen LogP contribution in [0.25, 0.3) is 0 Å². The summed E-state index contributed by atoms with van der Waals surface area (Å²) >= 11 is 0. The van der Waals surface area contributed by atoms with Crippen LogP contribution >= 0.6 is 0 Å². The molecule has 0 aromatic heterocycles. The molecular weight excluding hydrogens is 196 g/mol. The summed E-state index contributed by atoms with van der Waals surface area (Å²) in [4.78, 5) is 36.9. The molecule has 1 heterocycles. The molecule has 0 aromatic rings. The van der Waals surface area contributed by atoms with Crippen molar-refractivity contribution in [2.24, 2.45) is 5.92 Å². The molecule has 0 aliphatic carbocycles. The molecule has 0 saturated carbocycles. The number of piperazine rings is 1. The molecule has 1 fully saturated rings. The molecule has 5 heteroatoms. The van der Waals surface area contributed by atoms with Crippen LogP contribution in [-0.4, -0.2) is 54.1 Å². The molecule has 0 atom stereocenters. The molecule has 0 spiro atoms. The van der Waals surface area contributed by atoms with E-state index in [0.29, 0.717) is 13.1 Å². The summed E-state index contributed by atoms with van der Waals surface area (Å²) in [5, 5.41) is 0. The summed E-state index contributed by atoms with van der Waals surface area (Å²) in [5.74, 6) is -1.22. The van der Waals surface area contributed by atoms with Crippen LogP contribution in [0.5, 0.6) is 0 Å². The molecule has 0 unspecified atom stereocenters. The van der Waals surface area contributed by atoms with Crippen molar-refractivity contribution in [3.05, 3.63) is 0 Å². The van der Waals surface area contributed by atoms with Gasteiger partial charge >= 0.3 is 11.8 Å². The van der Waals surface area contributed by atoms with Crippen molar-refractivity contribution in [3.8, 4) is 0 Å². The van der Waals surface area contributed by atoms with E-state index in [0.717, 1.165) is 0 Å². The van der Waals surface area contributed by atoms with Crippen molar-refractivity contribution >= 4 is 17.6 Å². The maximum atomic E-state index is 11.5. The molecule has 0 bridgehead atoms. The van der Waals surface area contributed by atoms with E-state index < -0.39 is 11.8 Å². The van der Waals surface area contributed by atoms with Crippen molar-refractivity contribution in [1.29, 1.82) is 0 Å². The van der Waals surface area contributed by atoms with Crippen LogP contribution in [0.15, 0.2) is 0 Å². The highest BCUT2D eigenvalue weighted by Gasteiger charge is 2.31. The number of carbonyl (C=O) groups excluding carboxylic acids is 3. The molecule has 0 radical (unpaired) electrons. The zero-order valence-corrected chi connectivity index (χ0v) is 9.32. The molecule has 1 saturated heterocycles. The average molecular weight is 212 g/mol. The minimum Gasteiger partial charge on any atom is -0.336 e. The quantitative estimate of drug-likeness (QED) is 0.593. The van der Waals surface area contributed by atoms with Gasteiger partial charge in [-0.25, -0.2) is 0 Å². The molecule has 1 rings (SSSR count). The van der Waals surface area contributed by atoms with E-state index in [9.17, 15) is 14.4 Å². The van der Waals surface area contributed by atoms with Crippen LogP contribution in [0.1, 0.15) is 13.8 Å². The maximum absolute atomic E-state index is 11.5. The van der Waals surface area contributed by atoms with Crippen molar-refractivity contribution in [1.82, 2.24) is 9.80 Å². The Kier molecular flexibility index (Phi) is 3.44. The van der Waals surface area contributed by atoms with Gasteiger partial charge in [-0.3, -0.25) is 14.4 Å². The first kappa shape index (κ1) is 11.7. The molecule has 0 N–H and O–H groups in total. The fourth-order valence-corrected chi connectivity index (χ4v) is 1.29. The van der Waals surface area contributed by atoms with E-state index in [2.05, 4.69) is 0 Å². The Morgan fingerprint density at radius 1 is 1.27 bits per heavy atom. The topological polar surface area (TPSA) is 57.7 Å². The third-order valence-electron chi connectivity index (χ3n) is 2.51. The normalized spacial score (nSPS) is 17.6. The first-order chi connectivity index (χ1) is 6.93. The number of amides is 2. The van der Waals surface area contributed by atoms with Gasteiger partial charge in [0.15, 0.2) is 5.78 Å². The molecule has 5 nitrogen and oxygen atoms in total. The Morgan fingerprint density at radius 3 is 2.40 bits per heavy atom. The molecule has 15 heavy (non-hydrogen) atoms. The van der Waals surface area contributed by atoms with Gasteiger partial charge in [0.2, 0.25) is 0 Å². The van der Waals surface area contributed by atoms with E-state index in [1.165, 1.54) is 9.80 Å². The Hall–Kier alpha value is -1.39. The van der Waals surface area contributed by atoms with Crippen LogP contribution in [0, 0.1) is 5.92 Å². The number of nitrogens with zero attached hydrogens (tertiary/aromatic N) is 2. The monoisotopic (exact) mass is 212 g/mol. The lowest BCUT2D eigenvalue weighted by Crippen LogP contribution is -2.54. The summed E-state index contributed by atoms with van der Waals surface area (Å²) in [6.07, 6.45) is 0. The van der Waals surface area contributed by atoms with Gasteiger partial charge in [0, 0.05) is 26.1 Å². The number of Topliss-reactive ketones (excluding diaryl/α,β-unsaturated/α-hetero) is 1. The third kappa shape index (κ3) is 2.55. The lowest BCUT2D eigenvalue weighted by Gasteiger charge is -2.31. The Labute approximate surface area is 89.0 Å². The van der Waals surface area contributed by atoms with Crippen molar-refractivity contribution in [2.45, 2.75) is 13.8 Å². The SMILES string of the molecule is CC(C)C(=O)CN1CCN(C)C(=O)C1=O. The van der Waals surface area contributed by atoms with Gasteiger partial charge in [-0.15, -0.1) is 0 Å². The molecule has 84 valence electrons. The second-order valence-corrected chi connectivity index (χ2v) is 4.07. The average Bonchev–Trinajstić information content (AvgIpc) is 2.18. The summed E-state index contributed by atoms with van der Waals surface area (Å²) in [5.41, 5.74) is 0. The zero-order chi connectivity index (χ0) is 11.6. The predicted molar refractivity (Wildman–Crippen MR) is 54.1 cm³/mol. The van der Waals surface area contributed by atoms with Gasteiger partial charge in [-0.2, -0.15) is 0 Å². The third-order valence-corrected chi connectivity index (χ3v) is 2.51. The molecular formula is C10H16N2O3. The van der Waals surface area contributed by atoms with Gasteiger partial charge in [-0.1, -0.05) is 13.8 Å². The van der Waals surface area contributed by atoms with Crippen LogP contribution in [-0.2, 0) is 14.4 Å². The number of ketones is 1. The van der Waals surface area contributed by atoms with Crippen molar-refractivity contribution in [3.63, 3.8) is 0 Å². The second kappa shape index (κ2) is 4.42. The van der Waals surface area contributed by atoms with Crippen molar-refractivity contribution in [2.75, 3.05) is 26.7 Å². The highest BCUT2D eigenvalue weighted by atomic mass is 16.2. The molecule has 0 aromatic carbocycles. The minimum atomic E-state index is -0.572. The second-order valence-electron chi connectivity index (χ2n) is 4.07. The van der Waals surface area contributed by atoms with E-state index in [1.807, 2.05) is 0 Å². The van der Waals surface area contributed by atoms with Crippen LogP contribution in [0.4, 0.5) is 0 Å². The number of hydrogen-bond donors (Lipinski definition) is 0. The number of likely N-dealkylation sites (N-methyl/N-ethyl adjacent to an activating group) is 1. The van der Waals surface area contributed by atoms with E-state index in [-0.39, 0.29) is 18.2 Å². The van der Waals surface area contributed by atoms with Crippen LogP contribution < -0.4 is 0 Å². The summed E-state index contributed by atoms with van der Waals surface area (Å²) in [7, 11) is 1.59. The van der Waals surface area contributed by atoms with E-state index >= 15 is 0 Å². The van der Waals surface area contributed by atoms with E-state index in [1.54, 1.807) is 20.9 Å². The zero-order valence-electron chi connectivity index (χ0n) is 9.32. The van der Waals surface area contributed by atoms with Crippen LogP contribution in [0.3, 0.4) is 0 Å². The minimum absolute atomic E-state index is 0.0132. The molecule has 1 aliphatic heterocycles. The van der Waals surface area contributed by atoms with Gasteiger partial charge in [-0.05, 0) is 0 Å². The first-order valence-corrected chi connectivity index (χ1v) is 5.00. The van der Waals surface area contributed by atoms with Crippen molar-refractivity contribution < 1.29 is 14.4 Å². The predicted octanol–water partition coefficient (Wildman–Crippen LogP) is -0.488. The molecule has 1 aliphatic rings. The lowest BCUT2D eigenvalue weighted by atomic mass is 10.1. The molecule has 2 amide bonds. The fraction of sp³-hybridized carbons (Fsp3) is 0.700. The lowest BCUT2D eigenvalue weighted by molar-refractivity contribution is -0.155. The largest absolute Gasteiger partial charge is 0.336 e. The Balaban J connectivity index is 2.61. The smallest absolute Gasteiger partial charge is 0.312 e. The summed E-state index contributed by atoms with van der Waals surface area (Å²) in [6, 6.07) is 0. The van der Waals surface area contributed by atoms with Gasteiger partial charge in [0.05, 0.1) is 6.54 Å². The number of hydrogen-bond acceptors (Lipinski definition) is 3. The van der Waals surface area contributed by atoms with Crippen LogP contribution in [0.2, 0.25) is 0 Å². The maximum Gasteiger partial charge on any atom is 0.312 e. The highest BCUT2D eigenvalue weighted by molar-refractivity contribution is 6.35. The summed E-state index contributed by atoms with van der Waals surface area (Å²) < 4.78 is 0. The van der Waals surface area contributed by atoms with Gasteiger partial charge in [0.25, 0.3) is 0 Å². The Morgan fingerprint density at radius 2 is 1.87 bits per heavy atom. The van der Waals surface area contributed by atoms with Gasteiger partial charge < -0.3 is 9.80 Å². The van der Waals surface area contributed by atoms with E-state index in [4.69, 9.17) is 0 Å².